The average Bonchev–Trinajstić information content (AvgIpc) is 3.69. The summed E-state index contributed by atoms with van der Waals surface area (Å²) < 4.78 is 29.1. The molecule has 45 heavy (non-hydrogen) atoms. The van der Waals surface area contributed by atoms with Gasteiger partial charge in [0.2, 0.25) is 12.3 Å². The Morgan fingerprint density at radius 3 is 2.67 bits per heavy atom. The maximum atomic E-state index is 13.9. The highest BCUT2D eigenvalue weighted by atomic mass is 35.5. The van der Waals surface area contributed by atoms with Crippen molar-refractivity contribution >= 4 is 29.2 Å². The zero-order valence-corrected chi connectivity index (χ0v) is 27.9. The molecule has 0 saturated carbocycles. The van der Waals surface area contributed by atoms with Crippen molar-refractivity contribution in [1.29, 1.82) is 0 Å². The van der Waals surface area contributed by atoms with Crippen LogP contribution < -0.4 is 20.3 Å². The number of halogens is 1. The lowest BCUT2D eigenvalue weighted by atomic mass is 9.83. The number of aliphatic hydroxyl groups excluding tert-OH is 1. The van der Waals surface area contributed by atoms with Crippen LogP contribution in [0.3, 0.4) is 0 Å². The van der Waals surface area contributed by atoms with Gasteiger partial charge in [0.05, 0.1) is 31.4 Å². The Balaban J connectivity index is 1.79. The lowest BCUT2D eigenvalue weighted by Crippen LogP contribution is -2.65. The lowest BCUT2D eigenvalue weighted by Gasteiger charge is -2.44. The maximum absolute atomic E-state index is 13.9. The maximum Gasteiger partial charge on any atom is 0.323 e. The number of carbonyl (C=O) groups is 2. The molecule has 0 spiro atoms. The standard InChI is InChI=1S/C32H46ClN3O9/c1-17-10-9-11-24(42-8)32(40)16-23(43-30(39)35-32)18(2)28-31(4,45-28)25(44-29(38)19(3)34-5)15-26(37)36(6)21-13-20(12-17)14-22(41-7)27(21)33/h9-11,13-14,18-19,23-25,28,30,34-35,39-40H,12,15-16H2,1-8H3/b11-9+,17-10+. The number of likely N-dealkylation sites (N-methyl/N-ethyl adjacent to an activating group) is 1. The number of benzene rings is 1. The Hall–Kier alpha value is -2.55. The lowest BCUT2D eigenvalue weighted by molar-refractivity contribution is -0.270. The molecular formula is C32H46ClN3O9. The number of allylic oxidation sites excluding steroid dienone is 3. The number of nitrogens with one attached hydrogen (secondary N) is 2. The first-order valence-electron chi connectivity index (χ1n) is 15.1. The first-order chi connectivity index (χ1) is 21.2. The first-order valence-corrected chi connectivity index (χ1v) is 15.4. The predicted octanol–water partition coefficient (Wildman–Crippen LogP) is 2.43. The molecule has 4 bridgehead atoms. The highest BCUT2D eigenvalue weighted by molar-refractivity contribution is 6.35. The minimum atomic E-state index is -1.68. The number of rotatable bonds is 5. The topological polar surface area (TPSA) is 151 Å². The molecule has 3 heterocycles. The van der Waals surface area contributed by atoms with Crippen molar-refractivity contribution in [3.05, 3.63) is 46.5 Å². The summed E-state index contributed by atoms with van der Waals surface area (Å²) in [6.45, 7) is 7.26. The van der Waals surface area contributed by atoms with E-state index in [2.05, 4.69) is 10.6 Å². The molecule has 4 N–H and O–H groups in total. The molecule has 0 aliphatic carbocycles. The molecule has 1 aromatic rings. The third-order valence-electron chi connectivity index (χ3n) is 9.10. The number of amides is 1. The predicted molar refractivity (Wildman–Crippen MR) is 168 cm³/mol. The van der Waals surface area contributed by atoms with E-state index in [-0.39, 0.29) is 23.8 Å². The van der Waals surface area contributed by atoms with Gasteiger partial charge in [0.25, 0.3) is 0 Å². The van der Waals surface area contributed by atoms with Gasteiger partial charge >= 0.3 is 5.97 Å². The van der Waals surface area contributed by atoms with Crippen LogP contribution in [0, 0.1) is 5.92 Å². The molecule has 13 heteroatoms. The number of anilines is 1. The summed E-state index contributed by atoms with van der Waals surface area (Å²) in [4.78, 5) is 28.3. The second kappa shape index (κ2) is 14.1. The molecule has 9 atom stereocenters. The molecule has 1 amide bonds. The van der Waals surface area contributed by atoms with Crippen LogP contribution in [0.25, 0.3) is 0 Å². The largest absolute Gasteiger partial charge is 0.495 e. The molecule has 2 fully saturated rings. The van der Waals surface area contributed by atoms with Gasteiger partial charge < -0.3 is 44.1 Å². The van der Waals surface area contributed by atoms with E-state index in [1.807, 2.05) is 32.1 Å². The van der Waals surface area contributed by atoms with Crippen LogP contribution in [0.5, 0.6) is 5.75 Å². The normalized spacial score (nSPS) is 36.7. The zero-order valence-electron chi connectivity index (χ0n) is 27.1. The molecule has 9 unspecified atom stereocenters. The van der Waals surface area contributed by atoms with Crippen molar-refractivity contribution in [2.45, 2.75) is 95.2 Å². The molecule has 0 aromatic heterocycles. The van der Waals surface area contributed by atoms with E-state index in [4.69, 9.17) is 35.3 Å². The Kier molecular flexibility index (Phi) is 11.0. The van der Waals surface area contributed by atoms with Crippen molar-refractivity contribution in [1.82, 2.24) is 10.6 Å². The highest BCUT2D eigenvalue weighted by Crippen LogP contribution is 2.49. The number of hydrogen-bond donors (Lipinski definition) is 4. The molecule has 12 nitrogen and oxygen atoms in total. The molecule has 3 aliphatic heterocycles. The summed E-state index contributed by atoms with van der Waals surface area (Å²) in [6, 6.07) is 3.02. The molecule has 3 aliphatic rings. The zero-order chi connectivity index (χ0) is 33.3. The van der Waals surface area contributed by atoms with Crippen LogP contribution in [-0.2, 0) is 35.0 Å². The fraction of sp³-hybridized carbons (Fsp3) is 0.625. The van der Waals surface area contributed by atoms with Crippen LogP contribution in [0.1, 0.15) is 46.1 Å². The Morgan fingerprint density at radius 2 is 2.02 bits per heavy atom. The molecule has 4 rings (SSSR count). The quantitative estimate of drug-likeness (QED) is 0.275. The van der Waals surface area contributed by atoms with E-state index < -0.39 is 60.1 Å². The SMILES string of the molecule is CNC(C)C(=O)OC1CC(=O)N(C)c2cc(cc(OC)c2Cl)C/C(C)=C/C=C/C(OC)C2(O)CC(OC(O)N2)C(C)C2OC12C. The van der Waals surface area contributed by atoms with E-state index in [9.17, 15) is 19.8 Å². The molecule has 1 aromatic carbocycles. The Morgan fingerprint density at radius 1 is 1.31 bits per heavy atom. The fourth-order valence-corrected chi connectivity index (χ4v) is 6.39. The average molecular weight is 652 g/mol. The number of hydrogen-bond acceptors (Lipinski definition) is 11. The minimum Gasteiger partial charge on any atom is -0.495 e. The number of fused-ring (bicyclic) bond motifs is 5. The summed E-state index contributed by atoms with van der Waals surface area (Å²) in [5, 5.41) is 28.1. The number of ether oxygens (including phenoxy) is 5. The van der Waals surface area contributed by atoms with Gasteiger partial charge in [-0.25, -0.2) is 5.32 Å². The van der Waals surface area contributed by atoms with Crippen molar-refractivity contribution in [2.75, 3.05) is 33.2 Å². The Bertz CT molecular complexity index is 1320. The highest BCUT2D eigenvalue weighted by Gasteiger charge is 2.64. The van der Waals surface area contributed by atoms with E-state index in [1.54, 1.807) is 40.1 Å². The van der Waals surface area contributed by atoms with Crippen molar-refractivity contribution in [2.24, 2.45) is 5.92 Å². The number of carbonyl (C=O) groups excluding carboxylic acids is 2. The van der Waals surface area contributed by atoms with Crippen molar-refractivity contribution in [3.63, 3.8) is 0 Å². The molecule has 0 radical (unpaired) electrons. The first kappa shape index (κ1) is 35.3. The molecular weight excluding hydrogens is 606 g/mol. The summed E-state index contributed by atoms with van der Waals surface area (Å²) in [6.07, 6.45) is 1.25. The number of aliphatic hydroxyl groups is 2. The van der Waals surface area contributed by atoms with Crippen LogP contribution in [0.2, 0.25) is 5.02 Å². The van der Waals surface area contributed by atoms with Crippen molar-refractivity contribution in [3.8, 4) is 5.75 Å². The van der Waals surface area contributed by atoms with Gasteiger partial charge in [0, 0.05) is 26.5 Å². The Labute approximate surface area is 269 Å². The van der Waals surface area contributed by atoms with E-state index in [0.29, 0.717) is 17.9 Å². The van der Waals surface area contributed by atoms with Gasteiger partial charge in [-0.15, -0.1) is 0 Å². The number of esters is 1. The van der Waals surface area contributed by atoms with E-state index in [0.717, 1.165) is 11.1 Å². The van der Waals surface area contributed by atoms with Gasteiger partial charge in [-0.1, -0.05) is 42.3 Å². The molecule has 250 valence electrons. The third-order valence-corrected chi connectivity index (χ3v) is 9.48. The van der Waals surface area contributed by atoms with Gasteiger partial charge in [0.15, 0.2) is 5.72 Å². The number of epoxide rings is 1. The summed E-state index contributed by atoms with van der Waals surface area (Å²) >= 11 is 6.70. The summed E-state index contributed by atoms with van der Waals surface area (Å²) in [7, 11) is 6.24. The summed E-state index contributed by atoms with van der Waals surface area (Å²) in [5.74, 6) is -0.877. The van der Waals surface area contributed by atoms with Gasteiger partial charge in [0.1, 0.15) is 34.6 Å². The van der Waals surface area contributed by atoms with Gasteiger partial charge in [-0.05, 0) is 51.9 Å². The minimum absolute atomic E-state index is 0.0553. The van der Waals surface area contributed by atoms with E-state index in [1.165, 1.54) is 19.1 Å². The second-order valence-electron chi connectivity index (χ2n) is 12.3. The van der Waals surface area contributed by atoms with Crippen LogP contribution >= 0.6 is 11.6 Å². The fourth-order valence-electron chi connectivity index (χ4n) is 6.08. The third kappa shape index (κ3) is 7.55. The monoisotopic (exact) mass is 651 g/mol. The van der Waals surface area contributed by atoms with Gasteiger partial charge in [-0.3, -0.25) is 9.59 Å². The second-order valence-corrected chi connectivity index (χ2v) is 12.7. The van der Waals surface area contributed by atoms with Crippen LogP contribution in [0.15, 0.2) is 35.9 Å². The summed E-state index contributed by atoms with van der Waals surface area (Å²) in [5.41, 5.74) is -0.478. The van der Waals surface area contributed by atoms with Crippen LogP contribution in [0.4, 0.5) is 5.69 Å². The molecule has 2 saturated heterocycles. The van der Waals surface area contributed by atoms with Crippen molar-refractivity contribution < 1.29 is 43.5 Å². The van der Waals surface area contributed by atoms with Gasteiger partial charge in [-0.2, -0.15) is 0 Å². The number of methoxy groups -OCH3 is 2. The number of nitrogens with zero attached hydrogens (tertiary/aromatic N) is 1. The van der Waals surface area contributed by atoms with E-state index >= 15 is 0 Å². The smallest absolute Gasteiger partial charge is 0.323 e. The van der Waals surface area contributed by atoms with Crippen LogP contribution in [-0.4, -0.2) is 98.6 Å².